The Bertz CT molecular complexity index is 923. The van der Waals surface area contributed by atoms with Gasteiger partial charge in [-0.25, -0.2) is 8.42 Å². The zero-order valence-corrected chi connectivity index (χ0v) is 16.2. The Morgan fingerprint density at radius 3 is 2.33 bits per heavy atom. The second kappa shape index (κ2) is 8.68. The third kappa shape index (κ3) is 5.82. The maximum absolute atomic E-state index is 12.3. The number of methoxy groups -OCH3 is 1. The summed E-state index contributed by atoms with van der Waals surface area (Å²) in [5.41, 5.74) is 1.50. The quantitative estimate of drug-likeness (QED) is 0.696. The highest BCUT2D eigenvalue weighted by Crippen LogP contribution is 2.19. The lowest BCUT2D eigenvalue weighted by molar-refractivity contribution is -0.119. The minimum Gasteiger partial charge on any atom is -0.497 e. The molecule has 0 spiro atoms. The van der Waals surface area contributed by atoms with Crippen LogP contribution in [-0.2, 0) is 21.4 Å². The minimum atomic E-state index is -3.70. The topological polar surface area (TPSA) is 92.8 Å². The van der Waals surface area contributed by atoms with Gasteiger partial charge in [0.1, 0.15) is 12.3 Å². The Kier molecular flexibility index (Phi) is 6.57. The van der Waals surface area contributed by atoms with Gasteiger partial charge in [0.25, 0.3) is 0 Å². The van der Waals surface area contributed by atoms with Gasteiger partial charge in [-0.2, -0.15) is 0 Å². The fourth-order valence-electron chi connectivity index (χ4n) is 2.41. The number of hydrogen-bond acceptors (Lipinski definition) is 5. The Hall–Kier alpha value is -2.87. The molecule has 1 amide bonds. The zero-order chi connectivity index (χ0) is 20.0. The van der Waals surface area contributed by atoms with Crippen LogP contribution in [0.4, 0.5) is 5.69 Å². The largest absolute Gasteiger partial charge is 0.497 e. The lowest BCUT2D eigenvalue weighted by Gasteiger charge is -2.22. The van der Waals surface area contributed by atoms with E-state index in [1.807, 2.05) is 12.1 Å². The number of carbonyl (C=O) groups excluding carboxylic acids is 2. The van der Waals surface area contributed by atoms with Crippen molar-refractivity contribution in [1.82, 2.24) is 5.32 Å². The van der Waals surface area contributed by atoms with E-state index in [4.69, 9.17) is 4.74 Å². The fraction of sp³-hybridized carbons (Fsp3) is 0.263. The van der Waals surface area contributed by atoms with Crippen molar-refractivity contribution >= 4 is 27.4 Å². The molecule has 2 aromatic carbocycles. The van der Waals surface area contributed by atoms with Crippen molar-refractivity contribution in [2.75, 3.05) is 24.2 Å². The van der Waals surface area contributed by atoms with Gasteiger partial charge in [-0.05, 0) is 36.8 Å². The molecule has 8 heteroatoms. The number of ketones is 1. The minimum absolute atomic E-state index is 0.186. The Balaban J connectivity index is 2.10. The number of nitrogens with zero attached hydrogens (tertiary/aromatic N) is 1. The van der Waals surface area contributed by atoms with Crippen LogP contribution in [0.15, 0.2) is 48.5 Å². The third-order valence-corrected chi connectivity index (χ3v) is 5.02. The number of rotatable bonds is 8. The maximum Gasteiger partial charge on any atom is 0.241 e. The third-order valence-electron chi connectivity index (χ3n) is 3.88. The molecule has 0 saturated carbocycles. The van der Waals surface area contributed by atoms with Crippen LogP contribution < -0.4 is 14.4 Å². The number of hydrogen-bond donors (Lipinski definition) is 1. The second-order valence-corrected chi connectivity index (χ2v) is 7.91. The molecule has 1 N–H and O–H groups in total. The van der Waals surface area contributed by atoms with Crippen molar-refractivity contribution in [3.63, 3.8) is 0 Å². The summed E-state index contributed by atoms with van der Waals surface area (Å²) in [5, 5.41) is 2.69. The molecule has 0 saturated heterocycles. The van der Waals surface area contributed by atoms with Gasteiger partial charge in [-0.3, -0.25) is 13.9 Å². The van der Waals surface area contributed by atoms with Crippen molar-refractivity contribution < 1.29 is 22.7 Å². The number of amides is 1. The number of carbonyl (C=O) groups is 2. The van der Waals surface area contributed by atoms with E-state index >= 15 is 0 Å². The molecule has 0 heterocycles. The van der Waals surface area contributed by atoms with Gasteiger partial charge in [-0.1, -0.05) is 24.3 Å². The van der Waals surface area contributed by atoms with E-state index in [2.05, 4.69) is 5.32 Å². The highest BCUT2D eigenvalue weighted by atomic mass is 32.2. The van der Waals surface area contributed by atoms with Gasteiger partial charge in [0.05, 0.1) is 19.1 Å². The SMILES string of the molecule is COc1ccc(CNC(=O)CN(c2cccc(C(C)=O)c2)S(C)(=O)=O)cc1. The number of ether oxygens (including phenoxy) is 1. The van der Waals surface area contributed by atoms with Crippen molar-refractivity contribution in [1.29, 1.82) is 0 Å². The molecular formula is C19H22N2O5S. The van der Waals surface area contributed by atoms with Crippen LogP contribution in [0, 0.1) is 0 Å². The number of nitrogens with one attached hydrogen (secondary N) is 1. The van der Waals surface area contributed by atoms with Crippen LogP contribution in [0.1, 0.15) is 22.8 Å². The average molecular weight is 390 g/mol. The van der Waals surface area contributed by atoms with Crippen LogP contribution in [0.5, 0.6) is 5.75 Å². The molecule has 27 heavy (non-hydrogen) atoms. The predicted octanol–water partition coefficient (Wildman–Crippen LogP) is 1.98. The molecule has 0 atom stereocenters. The van der Waals surface area contributed by atoms with Gasteiger partial charge < -0.3 is 10.1 Å². The summed E-state index contributed by atoms with van der Waals surface area (Å²) < 4.78 is 30.3. The van der Waals surface area contributed by atoms with Crippen molar-refractivity contribution in [3.05, 3.63) is 59.7 Å². The van der Waals surface area contributed by atoms with Crippen molar-refractivity contribution in [2.24, 2.45) is 0 Å². The lowest BCUT2D eigenvalue weighted by atomic mass is 10.1. The van der Waals surface area contributed by atoms with Crippen LogP contribution in [0.3, 0.4) is 0 Å². The molecule has 0 aliphatic heterocycles. The first-order valence-electron chi connectivity index (χ1n) is 8.19. The molecule has 2 rings (SSSR count). The second-order valence-electron chi connectivity index (χ2n) is 6.00. The average Bonchev–Trinajstić information content (AvgIpc) is 2.64. The molecular weight excluding hydrogens is 368 g/mol. The monoisotopic (exact) mass is 390 g/mol. The van der Waals surface area contributed by atoms with Crippen molar-refractivity contribution in [3.8, 4) is 5.75 Å². The molecule has 0 aromatic heterocycles. The van der Waals surface area contributed by atoms with Crippen LogP contribution >= 0.6 is 0 Å². The summed E-state index contributed by atoms with van der Waals surface area (Å²) in [6.07, 6.45) is 1.02. The first-order chi connectivity index (χ1) is 12.7. The summed E-state index contributed by atoms with van der Waals surface area (Å²) in [6, 6.07) is 13.3. The fourth-order valence-corrected chi connectivity index (χ4v) is 3.26. The number of Topliss-reactive ketones (excluding diaryl/α,β-unsaturated/α-hetero) is 1. The highest BCUT2D eigenvalue weighted by Gasteiger charge is 2.21. The summed E-state index contributed by atoms with van der Waals surface area (Å²) >= 11 is 0. The van der Waals surface area contributed by atoms with Gasteiger partial charge in [0.2, 0.25) is 15.9 Å². The summed E-state index contributed by atoms with van der Waals surface area (Å²) in [6.45, 7) is 1.27. The van der Waals surface area contributed by atoms with Gasteiger partial charge in [0, 0.05) is 12.1 Å². The lowest BCUT2D eigenvalue weighted by Crippen LogP contribution is -2.40. The van der Waals surface area contributed by atoms with E-state index in [1.165, 1.54) is 13.0 Å². The summed E-state index contributed by atoms with van der Waals surface area (Å²) in [4.78, 5) is 23.8. The Morgan fingerprint density at radius 1 is 1.11 bits per heavy atom. The Labute approximate surface area is 159 Å². The predicted molar refractivity (Wildman–Crippen MR) is 103 cm³/mol. The number of sulfonamides is 1. The van der Waals surface area contributed by atoms with E-state index < -0.39 is 15.9 Å². The molecule has 0 radical (unpaired) electrons. The molecule has 0 aliphatic rings. The van der Waals surface area contributed by atoms with E-state index in [0.29, 0.717) is 11.3 Å². The van der Waals surface area contributed by atoms with E-state index in [-0.39, 0.29) is 24.6 Å². The molecule has 2 aromatic rings. The first-order valence-corrected chi connectivity index (χ1v) is 10.0. The first kappa shape index (κ1) is 20.4. The van der Waals surface area contributed by atoms with Gasteiger partial charge in [0.15, 0.2) is 5.78 Å². The van der Waals surface area contributed by atoms with Crippen LogP contribution in [0.25, 0.3) is 0 Å². The van der Waals surface area contributed by atoms with Crippen molar-refractivity contribution in [2.45, 2.75) is 13.5 Å². The molecule has 144 valence electrons. The van der Waals surface area contributed by atoms with Crippen LogP contribution in [0.2, 0.25) is 0 Å². The standard InChI is InChI=1S/C19H22N2O5S/c1-14(22)16-5-4-6-17(11-16)21(27(3,24)25)13-19(23)20-12-15-7-9-18(26-2)10-8-15/h4-11H,12-13H2,1-3H3,(H,20,23). The molecule has 0 aliphatic carbocycles. The number of anilines is 1. The number of benzene rings is 2. The van der Waals surface area contributed by atoms with Gasteiger partial charge >= 0.3 is 0 Å². The van der Waals surface area contributed by atoms with E-state index in [0.717, 1.165) is 16.1 Å². The van der Waals surface area contributed by atoms with Crippen LogP contribution in [-0.4, -0.2) is 40.0 Å². The normalized spacial score (nSPS) is 10.9. The smallest absolute Gasteiger partial charge is 0.241 e. The zero-order valence-electron chi connectivity index (χ0n) is 15.4. The van der Waals surface area contributed by atoms with E-state index in [1.54, 1.807) is 37.4 Å². The molecule has 0 unspecified atom stereocenters. The Morgan fingerprint density at radius 2 is 1.78 bits per heavy atom. The highest BCUT2D eigenvalue weighted by molar-refractivity contribution is 7.92. The molecule has 0 bridgehead atoms. The molecule has 7 nitrogen and oxygen atoms in total. The summed E-state index contributed by atoms with van der Waals surface area (Å²) in [7, 11) is -2.14. The summed E-state index contributed by atoms with van der Waals surface area (Å²) in [5.74, 6) is 0.0670. The molecule has 0 fully saturated rings. The van der Waals surface area contributed by atoms with Gasteiger partial charge in [-0.15, -0.1) is 0 Å². The maximum atomic E-state index is 12.3. The van der Waals surface area contributed by atoms with E-state index in [9.17, 15) is 18.0 Å².